The molecular formula is C11H18N2O4. The van der Waals surface area contributed by atoms with Gasteiger partial charge in [-0.25, -0.2) is 0 Å². The molecule has 0 bridgehead atoms. The Labute approximate surface area is 100.0 Å². The van der Waals surface area contributed by atoms with E-state index in [1.54, 1.807) is 0 Å². The minimum atomic E-state index is -0.257. The molecule has 1 rings (SSSR count). The van der Waals surface area contributed by atoms with Crippen molar-refractivity contribution in [3.63, 3.8) is 0 Å². The van der Waals surface area contributed by atoms with Gasteiger partial charge in [0.2, 0.25) is 17.7 Å². The highest BCUT2D eigenvalue weighted by molar-refractivity contribution is 6.02. The Morgan fingerprint density at radius 1 is 1.41 bits per heavy atom. The van der Waals surface area contributed by atoms with Gasteiger partial charge < -0.3 is 10.4 Å². The molecule has 0 aliphatic carbocycles. The van der Waals surface area contributed by atoms with E-state index in [4.69, 9.17) is 5.11 Å². The zero-order valence-electron chi connectivity index (χ0n) is 9.94. The van der Waals surface area contributed by atoms with Crippen molar-refractivity contribution in [1.82, 2.24) is 10.2 Å². The van der Waals surface area contributed by atoms with Gasteiger partial charge in [0.15, 0.2) is 0 Å². The van der Waals surface area contributed by atoms with Gasteiger partial charge in [-0.05, 0) is 6.42 Å². The Kier molecular flexibility index (Phi) is 5.09. The quantitative estimate of drug-likeness (QED) is 0.610. The van der Waals surface area contributed by atoms with Crippen LogP contribution in [-0.2, 0) is 14.4 Å². The summed E-state index contributed by atoms with van der Waals surface area (Å²) in [4.78, 5) is 35.1. The molecule has 17 heavy (non-hydrogen) atoms. The van der Waals surface area contributed by atoms with Crippen LogP contribution in [0.4, 0.5) is 0 Å². The summed E-state index contributed by atoms with van der Waals surface area (Å²) in [5, 5.41) is 11.5. The summed E-state index contributed by atoms with van der Waals surface area (Å²) in [7, 11) is 0. The van der Waals surface area contributed by atoms with E-state index in [1.165, 1.54) is 0 Å². The third kappa shape index (κ3) is 3.81. The fourth-order valence-electron chi connectivity index (χ4n) is 1.66. The summed E-state index contributed by atoms with van der Waals surface area (Å²) in [6.07, 6.45) is 1.22. The number of carbonyl (C=O) groups excluding carboxylic acids is 3. The number of nitrogens with zero attached hydrogens (tertiary/aromatic N) is 1. The molecule has 0 saturated carbocycles. The number of aliphatic hydroxyl groups is 1. The molecule has 0 aromatic carbocycles. The van der Waals surface area contributed by atoms with E-state index in [0.717, 1.165) is 4.90 Å². The topological polar surface area (TPSA) is 86.7 Å². The van der Waals surface area contributed by atoms with Crippen LogP contribution < -0.4 is 5.32 Å². The predicted molar refractivity (Wildman–Crippen MR) is 59.9 cm³/mol. The van der Waals surface area contributed by atoms with E-state index in [0.29, 0.717) is 6.42 Å². The molecule has 1 aliphatic rings. The molecule has 1 heterocycles. The fourth-order valence-corrected chi connectivity index (χ4v) is 1.66. The van der Waals surface area contributed by atoms with E-state index in [1.807, 2.05) is 6.92 Å². The second-order valence-electron chi connectivity index (χ2n) is 4.04. The minimum Gasteiger partial charge on any atom is -0.394 e. The first kappa shape index (κ1) is 13.6. The fraction of sp³-hybridized carbons (Fsp3) is 0.727. The molecule has 96 valence electrons. The molecule has 0 radical (unpaired) electrons. The Bertz CT molecular complexity index is 297. The van der Waals surface area contributed by atoms with Gasteiger partial charge >= 0.3 is 0 Å². The van der Waals surface area contributed by atoms with Gasteiger partial charge in [0, 0.05) is 25.8 Å². The molecular weight excluding hydrogens is 224 g/mol. The van der Waals surface area contributed by atoms with Crippen molar-refractivity contribution in [2.75, 3.05) is 13.2 Å². The summed E-state index contributed by atoms with van der Waals surface area (Å²) in [5.74, 6) is -0.674. The standard InChI is InChI=1S/C11H18N2O4/c1-2-8(7-14)12-9(15)5-6-13-10(16)3-4-11(13)17/h8,14H,2-7H2,1H3,(H,12,15)/t8-/m0/s1. The van der Waals surface area contributed by atoms with Crippen LogP contribution in [0, 0.1) is 0 Å². The van der Waals surface area contributed by atoms with Crippen molar-refractivity contribution < 1.29 is 19.5 Å². The zero-order chi connectivity index (χ0) is 12.8. The Morgan fingerprint density at radius 2 is 2.00 bits per heavy atom. The number of likely N-dealkylation sites (tertiary alicyclic amines) is 1. The van der Waals surface area contributed by atoms with Crippen LogP contribution in [0.3, 0.4) is 0 Å². The molecule has 2 N–H and O–H groups in total. The van der Waals surface area contributed by atoms with Crippen LogP contribution in [-0.4, -0.2) is 46.9 Å². The van der Waals surface area contributed by atoms with Gasteiger partial charge in [-0.2, -0.15) is 0 Å². The molecule has 1 atom stereocenters. The summed E-state index contributed by atoms with van der Waals surface area (Å²) in [6.45, 7) is 1.88. The van der Waals surface area contributed by atoms with Crippen molar-refractivity contribution in [2.45, 2.75) is 38.6 Å². The lowest BCUT2D eigenvalue weighted by Gasteiger charge is -2.16. The summed E-state index contributed by atoms with van der Waals surface area (Å²) >= 11 is 0. The van der Waals surface area contributed by atoms with E-state index >= 15 is 0 Å². The van der Waals surface area contributed by atoms with Gasteiger partial charge in [0.25, 0.3) is 0 Å². The third-order valence-corrected chi connectivity index (χ3v) is 2.80. The highest BCUT2D eigenvalue weighted by Crippen LogP contribution is 2.11. The van der Waals surface area contributed by atoms with Crippen LogP contribution >= 0.6 is 0 Å². The first-order valence-corrected chi connectivity index (χ1v) is 5.81. The van der Waals surface area contributed by atoms with E-state index in [-0.39, 0.29) is 56.2 Å². The van der Waals surface area contributed by atoms with E-state index < -0.39 is 0 Å². The predicted octanol–water partition coefficient (Wildman–Crippen LogP) is -0.587. The molecule has 6 heteroatoms. The van der Waals surface area contributed by atoms with Crippen LogP contribution in [0.2, 0.25) is 0 Å². The lowest BCUT2D eigenvalue weighted by molar-refractivity contribution is -0.138. The van der Waals surface area contributed by atoms with Crippen LogP contribution in [0.15, 0.2) is 0 Å². The number of hydrogen-bond acceptors (Lipinski definition) is 4. The first-order valence-electron chi connectivity index (χ1n) is 5.81. The maximum atomic E-state index is 11.5. The monoisotopic (exact) mass is 242 g/mol. The second kappa shape index (κ2) is 6.34. The molecule has 1 fully saturated rings. The van der Waals surface area contributed by atoms with Gasteiger partial charge in [0.05, 0.1) is 12.6 Å². The van der Waals surface area contributed by atoms with Gasteiger partial charge in [-0.3, -0.25) is 19.3 Å². The number of rotatable bonds is 6. The smallest absolute Gasteiger partial charge is 0.229 e. The number of aliphatic hydroxyl groups excluding tert-OH is 1. The van der Waals surface area contributed by atoms with E-state index in [2.05, 4.69) is 5.32 Å². The highest BCUT2D eigenvalue weighted by Gasteiger charge is 2.28. The number of carbonyl (C=O) groups is 3. The summed E-state index contributed by atoms with van der Waals surface area (Å²) < 4.78 is 0. The molecule has 6 nitrogen and oxygen atoms in total. The molecule has 0 aromatic heterocycles. The molecule has 3 amide bonds. The number of imide groups is 1. The van der Waals surface area contributed by atoms with Crippen LogP contribution in [0.5, 0.6) is 0 Å². The van der Waals surface area contributed by atoms with Crippen molar-refractivity contribution >= 4 is 17.7 Å². The Hall–Kier alpha value is -1.43. The second-order valence-corrected chi connectivity index (χ2v) is 4.04. The molecule has 1 saturated heterocycles. The number of amides is 3. The van der Waals surface area contributed by atoms with E-state index in [9.17, 15) is 14.4 Å². The maximum Gasteiger partial charge on any atom is 0.229 e. The lowest BCUT2D eigenvalue weighted by atomic mass is 10.2. The summed E-state index contributed by atoms with van der Waals surface area (Å²) in [5.41, 5.74) is 0. The molecule has 0 aromatic rings. The van der Waals surface area contributed by atoms with Crippen molar-refractivity contribution in [3.05, 3.63) is 0 Å². The average Bonchev–Trinajstić information content (AvgIpc) is 2.63. The highest BCUT2D eigenvalue weighted by atomic mass is 16.3. The molecule has 0 spiro atoms. The number of nitrogens with one attached hydrogen (secondary N) is 1. The Morgan fingerprint density at radius 3 is 2.47 bits per heavy atom. The lowest BCUT2D eigenvalue weighted by Crippen LogP contribution is -2.39. The van der Waals surface area contributed by atoms with Crippen molar-refractivity contribution in [3.8, 4) is 0 Å². The van der Waals surface area contributed by atoms with Crippen molar-refractivity contribution in [2.24, 2.45) is 0 Å². The molecule has 1 aliphatic heterocycles. The van der Waals surface area contributed by atoms with Gasteiger partial charge in [-0.1, -0.05) is 6.92 Å². The van der Waals surface area contributed by atoms with Crippen molar-refractivity contribution in [1.29, 1.82) is 0 Å². The van der Waals surface area contributed by atoms with Crippen LogP contribution in [0.1, 0.15) is 32.6 Å². The van der Waals surface area contributed by atoms with Crippen LogP contribution in [0.25, 0.3) is 0 Å². The average molecular weight is 242 g/mol. The SMILES string of the molecule is CC[C@@H](CO)NC(=O)CCN1C(=O)CCC1=O. The number of hydrogen-bond donors (Lipinski definition) is 2. The Balaban J connectivity index is 2.32. The summed E-state index contributed by atoms with van der Waals surface area (Å²) in [6, 6.07) is -0.257. The first-order chi connectivity index (χ1) is 8.08. The largest absolute Gasteiger partial charge is 0.394 e. The normalized spacial score (nSPS) is 17.4. The minimum absolute atomic E-state index is 0.0912. The third-order valence-electron chi connectivity index (χ3n) is 2.80. The maximum absolute atomic E-state index is 11.5. The van der Waals surface area contributed by atoms with Gasteiger partial charge in [0.1, 0.15) is 0 Å². The molecule has 0 unspecified atom stereocenters. The zero-order valence-corrected chi connectivity index (χ0v) is 9.94. The van der Waals surface area contributed by atoms with Gasteiger partial charge in [-0.15, -0.1) is 0 Å².